The maximum atomic E-state index is 13.2. The van der Waals surface area contributed by atoms with Crippen LogP contribution in [-0.2, 0) is 19.5 Å². The van der Waals surface area contributed by atoms with Crippen molar-refractivity contribution in [3.63, 3.8) is 0 Å². The SMILES string of the molecule is CCOC1(CNS(=O)(=O)c2ccc(F)c(C)n2)CCOC1. The monoisotopic (exact) mass is 318 g/mol. The zero-order valence-corrected chi connectivity index (χ0v) is 12.9. The van der Waals surface area contributed by atoms with Gasteiger partial charge in [-0.3, -0.25) is 0 Å². The van der Waals surface area contributed by atoms with Crippen LogP contribution in [-0.4, -0.2) is 45.4 Å². The molecule has 1 unspecified atom stereocenters. The van der Waals surface area contributed by atoms with E-state index in [4.69, 9.17) is 9.47 Å². The zero-order chi connectivity index (χ0) is 15.5. The molecule has 1 aliphatic heterocycles. The quantitative estimate of drug-likeness (QED) is 0.847. The van der Waals surface area contributed by atoms with Crippen molar-refractivity contribution >= 4 is 10.0 Å². The van der Waals surface area contributed by atoms with Gasteiger partial charge in [-0.25, -0.2) is 22.5 Å². The number of hydrogen-bond donors (Lipinski definition) is 1. The lowest BCUT2D eigenvalue weighted by atomic mass is 10.0. The van der Waals surface area contributed by atoms with E-state index < -0.39 is 21.4 Å². The maximum Gasteiger partial charge on any atom is 0.258 e. The number of rotatable bonds is 6. The van der Waals surface area contributed by atoms with E-state index in [1.54, 1.807) is 0 Å². The van der Waals surface area contributed by atoms with Crippen molar-refractivity contribution in [1.29, 1.82) is 0 Å². The summed E-state index contributed by atoms with van der Waals surface area (Å²) in [5.74, 6) is -0.538. The zero-order valence-electron chi connectivity index (χ0n) is 12.1. The van der Waals surface area contributed by atoms with Gasteiger partial charge in [-0.2, -0.15) is 0 Å². The first-order valence-corrected chi connectivity index (χ1v) is 8.21. The molecule has 1 N–H and O–H groups in total. The fourth-order valence-electron chi connectivity index (χ4n) is 2.17. The van der Waals surface area contributed by atoms with Gasteiger partial charge in [0.05, 0.1) is 12.3 Å². The molecule has 1 aromatic heterocycles. The summed E-state index contributed by atoms with van der Waals surface area (Å²) < 4.78 is 51.0. The summed E-state index contributed by atoms with van der Waals surface area (Å²) in [5.41, 5.74) is -0.599. The Hall–Kier alpha value is -1.09. The average Bonchev–Trinajstić information content (AvgIpc) is 2.89. The Morgan fingerprint density at radius 1 is 1.52 bits per heavy atom. The molecule has 8 heteroatoms. The molecular weight excluding hydrogens is 299 g/mol. The lowest BCUT2D eigenvalue weighted by Crippen LogP contribution is -2.45. The molecule has 1 aliphatic rings. The number of aromatic nitrogens is 1. The summed E-state index contributed by atoms with van der Waals surface area (Å²) >= 11 is 0. The molecule has 6 nitrogen and oxygen atoms in total. The maximum absolute atomic E-state index is 13.2. The van der Waals surface area contributed by atoms with E-state index in [2.05, 4.69) is 9.71 Å². The van der Waals surface area contributed by atoms with Crippen molar-refractivity contribution in [1.82, 2.24) is 9.71 Å². The van der Waals surface area contributed by atoms with E-state index in [0.717, 1.165) is 12.1 Å². The molecule has 1 fully saturated rings. The highest BCUT2D eigenvalue weighted by molar-refractivity contribution is 7.89. The Bertz CT molecular complexity index is 600. The second-order valence-electron chi connectivity index (χ2n) is 4.96. The third-order valence-corrected chi connectivity index (χ3v) is 4.68. The van der Waals surface area contributed by atoms with Crippen LogP contribution in [0.4, 0.5) is 4.39 Å². The first-order chi connectivity index (χ1) is 9.88. The third kappa shape index (κ3) is 3.76. The number of sulfonamides is 1. The van der Waals surface area contributed by atoms with Crippen LogP contribution in [0.3, 0.4) is 0 Å². The molecule has 118 valence electrons. The van der Waals surface area contributed by atoms with Gasteiger partial charge in [0.2, 0.25) is 0 Å². The summed E-state index contributed by atoms with van der Waals surface area (Å²) in [6.45, 7) is 4.72. The highest BCUT2D eigenvalue weighted by atomic mass is 32.2. The van der Waals surface area contributed by atoms with E-state index >= 15 is 0 Å². The molecule has 0 saturated carbocycles. The van der Waals surface area contributed by atoms with E-state index in [1.165, 1.54) is 6.92 Å². The van der Waals surface area contributed by atoms with Crippen LogP contribution in [0.5, 0.6) is 0 Å². The van der Waals surface area contributed by atoms with Gasteiger partial charge in [0, 0.05) is 26.2 Å². The number of ether oxygens (including phenoxy) is 2. The highest BCUT2D eigenvalue weighted by Crippen LogP contribution is 2.23. The molecule has 0 spiro atoms. The Balaban J connectivity index is 2.11. The first kappa shape index (κ1) is 16.3. The van der Waals surface area contributed by atoms with Crippen LogP contribution >= 0.6 is 0 Å². The van der Waals surface area contributed by atoms with Crippen molar-refractivity contribution in [3.8, 4) is 0 Å². The Kier molecular flexibility index (Phi) is 4.92. The minimum absolute atomic E-state index is 0.0431. The van der Waals surface area contributed by atoms with E-state index in [1.807, 2.05) is 6.92 Å². The van der Waals surface area contributed by atoms with Crippen LogP contribution in [0, 0.1) is 12.7 Å². The average molecular weight is 318 g/mol. The van der Waals surface area contributed by atoms with Crippen molar-refractivity contribution in [3.05, 3.63) is 23.6 Å². The lowest BCUT2D eigenvalue weighted by molar-refractivity contribution is -0.0387. The summed E-state index contributed by atoms with van der Waals surface area (Å²) in [7, 11) is -3.81. The van der Waals surface area contributed by atoms with Gasteiger partial charge in [0.1, 0.15) is 11.4 Å². The minimum atomic E-state index is -3.81. The van der Waals surface area contributed by atoms with Gasteiger partial charge in [0.15, 0.2) is 5.03 Å². The standard InChI is InChI=1S/C13H19FN2O4S/c1-3-20-13(6-7-19-9-13)8-15-21(17,18)12-5-4-11(14)10(2)16-12/h4-5,15H,3,6-9H2,1-2H3. The molecule has 21 heavy (non-hydrogen) atoms. The Morgan fingerprint density at radius 2 is 2.29 bits per heavy atom. The number of nitrogens with zero attached hydrogens (tertiary/aromatic N) is 1. The molecule has 1 aromatic rings. The topological polar surface area (TPSA) is 77.5 Å². The molecule has 0 aliphatic carbocycles. The van der Waals surface area contributed by atoms with Crippen LogP contribution in [0.1, 0.15) is 19.0 Å². The normalized spacial score (nSPS) is 22.6. The number of nitrogens with one attached hydrogen (secondary N) is 1. The molecule has 1 atom stereocenters. The van der Waals surface area contributed by atoms with E-state index in [0.29, 0.717) is 26.2 Å². The summed E-state index contributed by atoms with van der Waals surface area (Å²) in [6, 6.07) is 2.23. The molecular formula is C13H19FN2O4S. The van der Waals surface area contributed by atoms with Crippen molar-refractivity contribution in [2.75, 3.05) is 26.4 Å². The predicted molar refractivity (Wildman–Crippen MR) is 73.9 cm³/mol. The fourth-order valence-corrected chi connectivity index (χ4v) is 3.28. The molecule has 0 amide bonds. The summed E-state index contributed by atoms with van der Waals surface area (Å²) in [5, 5.41) is -0.202. The molecule has 2 rings (SSSR count). The smallest absolute Gasteiger partial charge is 0.258 e. The van der Waals surface area contributed by atoms with Crippen LogP contribution < -0.4 is 4.72 Å². The highest BCUT2D eigenvalue weighted by Gasteiger charge is 2.37. The largest absolute Gasteiger partial charge is 0.378 e. The van der Waals surface area contributed by atoms with Gasteiger partial charge in [-0.1, -0.05) is 0 Å². The fraction of sp³-hybridized carbons (Fsp3) is 0.615. The van der Waals surface area contributed by atoms with Gasteiger partial charge in [-0.05, 0) is 26.0 Å². The van der Waals surface area contributed by atoms with E-state index in [9.17, 15) is 12.8 Å². The summed E-state index contributed by atoms with van der Waals surface area (Å²) in [4.78, 5) is 3.76. The van der Waals surface area contributed by atoms with Crippen LogP contribution in [0.25, 0.3) is 0 Å². The third-order valence-electron chi connectivity index (χ3n) is 3.37. The number of halogens is 1. The Labute approximate surface area is 123 Å². The Morgan fingerprint density at radius 3 is 2.86 bits per heavy atom. The van der Waals surface area contributed by atoms with E-state index in [-0.39, 0.29) is 17.3 Å². The lowest BCUT2D eigenvalue weighted by Gasteiger charge is -2.27. The van der Waals surface area contributed by atoms with Gasteiger partial charge >= 0.3 is 0 Å². The van der Waals surface area contributed by atoms with Crippen LogP contribution in [0.2, 0.25) is 0 Å². The van der Waals surface area contributed by atoms with Gasteiger partial charge < -0.3 is 9.47 Å². The number of hydrogen-bond acceptors (Lipinski definition) is 5. The van der Waals surface area contributed by atoms with Crippen molar-refractivity contribution in [2.24, 2.45) is 0 Å². The predicted octanol–water partition coefficient (Wildman–Crippen LogP) is 1.00. The van der Waals surface area contributed by atoms with Crippen molar-refractivity contribution < 1.29 is 22.3 Å². The number of aryl methyl sites for hydroxylation is 1. The molecule has 0 radical (unpaired) electrons. The van der Waals surface area contributed by atoms with Crippen LogP contribution in [0.15, 0.2) is 17.2 Å². The first-order valence-electron chi connectivity index (χ1n) is 6.73. The second-order valence-corrected chi connectivity index (χ2v) is 6.67. The van der Waals surface area contributed by atoms with Crippen molar-refractivity contribution in [2.45, 2.75) is 30.9 Å². The molecule has 1 saturated heterocycles. The molecule has 0 bridgehead atoms. The minimum Gasteiger partial charge on any atom is -0.378 e. The molecule has 0 aromatic carbocycles. The summed E-state index contributed by atoms with van der Waals surface area (Å²) in [6.07, 6.45) is 0.624. The second kappa shape index (κ2) is 6.35. The van der Waals surface area contributed by atoms with Gasteiger partial charge in [0.25, 0.3) is 10.0 Å². The number of pyridine rings is 1. The molecule has 2 heterocycles. The van der Waals surface area contributed by atoms with Gasteiger partial charge in [-0.15, -0.1) is 0 Å².